The summed E-state index contributed by atoms with van der Waals surface area (Å²) in [5.41, 5.74) is 2.42. The number of amides is 1. The largest absolute Gasteiger partial charge is 0.461 e. The highest BCUT2D eigenvalue weighted by Gasteiger charge is 2.35. The lowest BCUT2D eigenvalue weighted by molar-refractivity contribution is -0.113. The molecule has 0 saturated carbocycles. The Bertz CT molecular complexity index is 1220. The van der Waals surface area contributed by atoms with E-state index in [0.29, 0.717) is 40.2 Å². The molecule has 1 aliphatic rings. The minimum atomic E-state index is -0.560. The van der Waals surface area contributed by atoms with Crippen LogP contribution in [0.5, 0.6) is 0 Å². The molecular weight excluding hydrogens is 382 g/mol. The fourth-order valence-electron chi connectivity index (χ4n) is 3.40. The monoisotopic (exact) mass is 399 g/mol. The molecule has 0 aromatic carbocycles. The summed E-state index contributed by atoms with van der Waals surface area (Å²) in [5.74, 6) is 1.19. The number of allylic oxidation sites excluding steroid dienone is 1. The number of pyridine rings is 2. The van der Waals surface area contributed by atoms with Crippen molar-refractivity contribution in [2.24, 2.45) is 0 Å². The second kappa shape index (κ2) is 7.28. The number of fused-ring (bicyclic) bond motifs is 1. The van der Waals surface area contributed by atoms with Gasteiger partial charge in [-0.05, 0) is 43.3 Å². The number of carbonyl (C=O) groups is 1. The smallest absolute Gasteiger partial charge is 0.255 e. The van der Waals surface area contributed by atoms with Gasteiger partial charge >= 0.3 is 0 Å². The predicted octanol–water partition coefficient (Wildman–Crippen LogP) is 3.26. The number of hydrogen-bond donors (Lipinski definition) is 2. The molecule has 9 nitrogen and oxygen atoms in total. The van der Waals surface area contributed by atoms with Crippen molar-refractivity contribution >= 4 is 17.5 Å². The highest BCUT2D eigenvalue weighted by Crippen LogP contribution is 2.35. The van der Waals surface area contributed by atoms with Gasteiger partial charge in [-0.15, -0.1) is 5.10 Å². The van der Waals surface area contributed by atoms with Gasteiger partial charge in [0.2, 0.25) is 11.8 Å². The fraction of sp³-hybridized carbons (Fsp3) is 0.0952. The maximum absolute atomic E-state index is 13.3. The summed E-state index contributed by atoms with van der Waals surface area (Å²) in [5, 5.41) is 10.7. The van der Waals surface area contributed by atoms with Gasteiger partial charge in [0, 0.05) is 18.1 Å². The predicted molar refractivity (Wildman–Crippen MR) is 109 cm³/mol. The number of rotatable bonds is 4. The molecule has 1 amide bonds. The number of nitrogens with zero attached hydrogens (tertiary/aromatic N) is 5. The Morgan fingerprint density at radius 2 is 2.10 bits per heavy atom. The number of nitrogens with one attached hydrogen (secondary N) is 2. The van der Waals surface area contributed by atoms with E-state index in [4.69, 9.17) is 4.42 Å². The van der Waals surface area contributed by atoms with Crippen molar-refractivity contribution in [3.8, 4) is 11.6 Å². The zero-order chi connectivity index (χ0) is 20.5. The van der Waals surface area contributed by atoms with Crippen molar-refractivity contribution in [2.75, 3.05) is 10.6 Å². The molecule has 1 unspecified atom stereocenters. The lowest BCUT2D eigenvalue weighted by Gasteiger charge is -2.27. The molecular formula is C21H17N7O2. The third-order valence-corrected chi connectivity index (χ3v) is 4.73. The van der Waals surface area contributed by atoms with Crippen LogP contribution in [-0.2, 0) is 4.79 Å². The van der Waals surface area contributed by atoms with Gasteiger partial charge in [0.05, 0.1) is 29.4 Å². The maximum Gasteiger partial charge on any atom is 0.255 e. The molecule has 5 rings (SSSR count). The van der Waals surface area contributed by atoms with Crippen LogP contribution in [0.3, 0.4) is 0 Å². The van der Waals surface area contributed by atoms with Gasteiger partial charge < -0.3 is 15.1 Å². The molecule has 0 bridgehead atoms. The summed E-state index contributed by atoms with van der Waals surface area (Å²) in [4.78, 5) is 26.3. The molecule has 0 radical (unpaired) electrons. The summed E-state index contributed by atoms with van der Waals surface area (Å²) < 4.78 is 7.09. The fourth-order valence-corrected chi connectivity index (χ4v) is 3.40. The average Bonchev–Trinajstić information content (AvgIpc) is 3.44. The van der Waals surface area contributed by atoms with Crippen LogP contribution in [0.1, 0.15) is 18.7 Å². The van der Waals surface area contributed by atoms with Gasteiger partial charge in [0.1, 0.15) is 6.04 Å². The van der Waals surface area contributed by atoms with Gasteiger partial charge in [-0.1, -0.05) is 6.07 Å². The molecule has 2 N–H and O–H groups in total. The van der Waals surface area contributed by atoms with E-state index in [9.17, 15) is 4.79 Å². The third-order valence-electron chi connectivity index (χ3n) is 4.73. The molecule has 30 heavy (non-hydrogen) atoms. The third kappa shape index (κ3) is 3.12. The van der Waals surface area contributed by atoms with Crippen molar-refractivity contribution in [3.63, 3.8) is 0 Å². The van der Waals surface area contributed by atoms with Crippen molar-refractivity contribution < 1.29 is 9.21 Å². The van der Waals surface area contributed by atoms with Gasteiger partial charge in [0.25, 0.3) is 5.91 Å². The van der Waals surface area contributed by atoms with Crippen molar-refractivity contribution in [2.45, 2.75) is 13.0 Å². The summed E-state index contributed by atoms with van der Waals surface area (Å²) >= 11 is 0. The van der Waals surface area contributed by atoms with Crippen LogP contribution in [0.25, 0.3) is 11.6 Å². The maximum atomic E-state index is 13.3. The zero-order valence-electron chi connectivity index (χ0n) is 16.0. The molecule has 0 aliphatic carbocycles. The Hall–Kier alpha value is -4.27. The number of anilines is 2. The highest BCUT2D eigenvalue weighted by molar-refractivity contribution is 6.05. The topological polar surface area (TPSA) is 111 Å². The minimum absolute atomic E-state index is 0.274. The lowest BCUT2D eigenvalue weighted by atomic mass is 9.98. The van der Waals surface area contributed by atoms with Crippen LogP contribution >= 0.6 is 0 Å². The zero-order valence-corrected chi connectivity index (χ0v) is 16.0. The highest BCUT2D eigenvalue weighted by atomic mass is 16.3. The Balaban J connectivity index is 1.60. The van der Waals surface area contributed by atoms with E-state index in [1.807, 2.05) is 25.1 Å². The molecule has 9 heteroatoms. The van der Waals surface area contributed by atoms with E-state index in [1.54, 1.807) is 53.8 Å². The Kier molecular flexibility index (Phi) is 4.32. The van der Waals surface area contributed by atoms with Crippen molar-refractivity contribution in [3.05, 3.63) is 84.3 Å². The summed E-state index contributed by atoms with van der Waals surface area (Å²) in [6.45, 7) is 1.83. The van der Waals surface area contributed by atoms with E-state index in [-0.39, 0.29) is 5.91 Å². The van der Waals surface area contributed by atoms with E-state index < -0.39 is 6.04 Å². The van der Waals surface area contributed by atoms with E-state index >= 15 is 0 Å². The molecule has 0 spiro atoms. The number of furan rings is 1. The molecule has 148 valence electrons. The minimum Gasteiger partial charge on any atom is -0.461 e. The van der Waals surface area contributed by atoms with Crippen LogP contribution in [0.15, 0.2) is 83.0 Å². The molecule has 0 saturated heterocycles. The van der Waals surface area contributed by atoms with Crippen LogP contribution in [0.2, 0.25) is 0 Å². The standard InChI is InChI=1S/C21H17N7O2/c1-13-17(20(29)25-14-6-4-9-22-12-14)18(15-7-2-3-10-23-15)28-21(24-13)26-19(27-28)16-8-5-11-30-16/h2-12,18H,1H3,(H,25,29)(H,24,26,27). The van der Waals surface area contributed by atoms with Gasteiger partial charge in [-0.3, -0.25) is 14.8 Å². The number of carbonyl (C=O) groups excluding carboxylic acids is 1. The van der Waals surface area contributed by atoms with E-state index in [2.05, 4.69) is 30.7 Å². The van der Waals surface area contributed by atoms with Crippen LogP contribution in [0, 0.1) is 0 Å². The first-order valence-corrected chi connectivity index (χ1v) is 9.31. The molecule has 1 aliphatic heterocycles. The van der Waals surface area contributed by atoms with Crippen molar-refractivity contribution in [1.82, 2.24) is 24.7 Å². The summed E-state index contributed by atoms with van der Waals surface area (Å²) in [6.07, 6.45) is 6.50. The van der Waals surface area contributed by atoms with Gasteiger partial charge in [-0.2, -0.15) is 4.98 Å². The molecule has 0 fully saturated rings. The SMILES string of the molecule is CC1=C(C(=O)Nc2cccnc2)C(c2ccccn2)n2nc(-c3ccco3)nc2N1. The Morgan fingerprint density at radius 1 is 1.17 bits per heavy atom. The van der Waals surface area contributed by atoms with Crippen LogP contribution in [0.4, 0.5) is 11.6 Å². The Labute approximate surface area is 171 Å². The normalized spacial score (nSPS) is 15.4. The second-order valence-electron chi connectivity index (χ2n) is 6.70. The van der Waals surface area contributed by atoms with Gasteiger partial charge in [-0.25, -0.2) is 4.68 Å². The van der Waals surface area contributed by atoms with Crippen LogP contribution < -0.4 is 10.6 Å². The Morgan fingerprint density at radius 3 is 2.83 bits per heavy atom. The van der Waals surface area contributed by atoms with Crippen LogP contribution in [-0.4, -0.2) is 30.6 Å². The van der Waals surface area contributed by atoms with Crippen molar-refractivity contribution in [1.29, 1.82) is 0 Å². The average molecular weight is 399 g/mol. The first-order chi connectivity index (χ1) is 14.7. The molecule has 1 atom stereocenters. The lowest BCUT2D eigenvalue weighted by Crippen LogP contribution is -2.32. The first kappa shape index (κ1) is 17.8. The molecule has 4 aromatic heterocycles. The van der Waals surface area contributed by atoms with E-state index in [0.717, 1.165) is 0 Å². The quantitative estimate of drug-likeness (QED) is 0.542. The number of aromatic nitrogens is 5. The first-order valence-electron chi connectivity index (χ1n) is 9.31. The molecule has 4 aromatic rings. The van der Waals surface area contributed by atoms with E-state index in [1.165, 1.54) is 0 Å². The summed E-state index contributed by atoms with van der Waals surface area (Å²) in [7, 11) is 0. The number of hydrogen-bond acceptors (Lipinski definition) is 7. The molecule has 5 heterocycles. The van der Waals surface area contributed by atoms with Gasteiger partial charge in [0.15, 0.2) is 5.76 Å². The second-order valence-corrected chi connectivity index (χ2v) is 6.70. The summed E-state index contributed by atoms with van der Waals surface area (Å²) in [6, 6.07) is 12.1.